The van der Waals surface area contributed by atoms with Crippen LogP contribution < -0.4 is 10.6 Å². The van der Waals surface area contributed by atoms with Gasteiger partial charge in [0.05, 0.1) is 6.07 Å². The number of nitrogens with one attached hydrogen (secondary N) is 2. The van der Waals surface area contributed by atoms with E-state index in [0.29, 0.717) is 0 Å². The molecule has 0 aromatic rings. The quantitative estimate of drug-likeness (QED) is 0.701. The number of hydrogen-bond acceptors (Lipinski definition) is 2. The number of carbonyl (C=O) groups excluding carboxylic acids is 1. The molecule has 0 saturated heterocycles. The maximum atomic E-state index is 11.4. The normalized spacial score (nSPS) is 19.0. The lowest BCUT2D eigenvalue weighted by molar-refractivity contribution is 0.230. The Bertz CT molecular complexity index is 249. The molecule has 78 valence electrons. The molecule has 1 aliphatic rings. The largest absolute Gasteiger partial charge is 0.336 e. The van der Waals surface area contributed by atoms with Gasteiger partial charge in [-0.05, 0) is 39.5 Å². The van der Waals surface area contributed by atoms with Gasteiger partial charge in [0.25, 0.3) is 0 Å². The first kappa shape index (κ1) is 10.8. The van der Waals surface area contributed by atoms with Crippen LogP contribution in [0.15, 0.2) is 0 Å². The fraction of sp³-hybridized carbons (Fsp3) is 0.800. The fourth-order valence-electron chi connectivity index (χ4n) is 1.76. The highest BCUT2D eigenvalue weighted by Crippen LogP contribution is 2.28. The molecule has 0 heterocycles. The van der Waals surface area contributed by atoms with Gasteiger partial charge in [0, 0.05) is 6.04 Å². The third-order valence-corrected chi connectivity index (χ3v) is 2.44. The van der Waals surface area contributed by atoms with E-state index in [4.69, 9.17) is 5.26 Å². The minimum atomic E-state index is -0.612. The standard InChI is InChI=1S/C10H17N3O/c1-8(2)12-9(14)13-10(7-11)5-3-4-6-10/h8H,3-6H2,1-2H3,(H2,12,13,14). The molecule has 4 heteroatoms. The van der Waals surface area contributed by atoms with E-state index in [1.54, 1.807) is 0 Å². The second-order valence-corrected chi connectivity index (χ2v) is 4.15. The van der Waals surface area contributed by atoms with E-state index in [0.717, 1.165) is 25.7 Å². The molecule has 4 nitrogen and oxygen atoms in total. The number of nitriles is 1. The molecular weight excluding hydrogens is 178 g/mol. The Balaban J connectivity index is 2.49. The highest BCUT2D eigenvalue weighted by molar-refractivity contribution is 5.75. The van der Waals surface area contributed by atoms with Gasteiger partial charge in [0.1, 0.15) is 5.54 Å². The third kappa shape index (κ3) is 2.63. The minimum absolute atomic E-state index is 0.104. The molecule has 0 atom stereocenters. The van der Waals surface area contributed by atoms with Gasteiger partial charge >= 0.3 is 6.03 Å². The summed E-state index contributed by atoms with van der Waals surface area (Å²) in [6, 6.07) is 2.08. The van der Waals surface area contributed by atoms with E-state index in [2.05, 4.69) is 16.7 Å². The van der Waals surface area contributed by atoms with Crippen LogP contribution in [-0.4, -0.2) is 17.6 Å². The number of amides is 2. The van der Waals surface area contributed by atoms with Crippen LogP contribution in [0, 0.1) is 11.3 Å². The average molecular weight is 195 g/mol. The Kier molecular flexibility index (Phi) is 3.34. The molecular formula is C10H17N3O. The van der Waals surface area contributed by atoms with Gasteiger partial charge in [0.15, 0.2) is 0 Å². The molecule has 1 rings (SSSR count). The van der Waals surface area contributed by atoms with Crippen LogP contribution in [0.3, 0.4) is 0 Å². The van der Waals surface area contributed by atoms with Crippen molar-refractivity contribution in [3.63, 3.8) is 0 Å². The van der Waals surface area contributed by atoms with Gasteiger partial charge in [0.2, 0.25) is 0 Å². The molecule has 14 heavy (non-hydrogen) atoms. The lowest BCUT2D eigenvalue weighted by atomic mass is 10.0. The number of carbonyl (C=O) groups is 1. The Hall–Kier alpha value is -1.24. The Morgan fingerprint density at radius 1 is 1.43 bits per heavy atom. The van der Waals surface area contributed by atoms with E-state index in [1.165, 1.54) is 0 Å². The van der Waals surface area contributed by atoms with Gasteiger partial charge in [-0.2, -0.15) is 5.26 Å². The summed E-state index contributed by atoms with van der Waals surface area (Å²) in [5.74, 6) is 0. The van der Waals surface area contributed by atoms with Crippen LogP contribution in [0.2, 0.25) is 0 Å². The molecule has 0 unspecified atom stereocenters. The minimum Gasteiger partial charge on any atom is -0.336 e. The van der Waals surface area contributed by atoms with Crippen molar-refractivity contribution < 1.29 is 4.79 Å². The van der Waals surface area contributed by atoms with Crippen molar-refractivity contribution in [3.05, 3.63) is 0 Å². The first-order chi connectivity index (χ1) is 6.58. The summed E-state index contributed by atoms with van der Waals surface area (Å²) < 4.78 is 0. The van der Waals surface area contributed by atoms with Gasteiger partial charge < -0.3 is 10.6 Å². The van der Waals surface area contributed by atoms with Crippen molar-refractivity contribution in [2.45, 2.75) is 51.1 Å². The zero-order valence-electron chi connectivity index (χ0n) is 8.76. The molecule has 0 aromatic carbocycles. The Morgan fingerprint density at radius 2 is 2.00 bits per heavy atom. The highest BCUT2D eigenvalue weighted by atomic mass is 16.2. The molecule has 0 radical (unpaired) electrons. The number of hydrogen-bond donors (Lipinski definition) is 2. The number of nitrogens with zero attached hydrogens (tertiary/aromatic N) is 1. The zero-order valence-corrected chi connectivity index (χ0v) is 8.76. The number of urea groups is 1. The van der Waals surface area contributed by atoms with Crippen molar-refractivity contribution in [2.75, 3.05) is 0 Å². The molecule has 0 bridgehead atoms. The average Bonchev–Trinajstić information content (AvgIpc) is 2.52. The fourth-order valence-corrected chi connectivity index (χ4v) is 1.76. The van der Waals surface area contributed by atoms with Gasteiger partial charge in [-0.3, -0.25) is 0 Å². The van der Waals surface area contributed by atoms with Crippen molar-refractivity contribution >= 4 is 6.03 Å². The maximum Gasteiger partial charge on any atom is 0.316 e. The maximum absolute atomic E-state index is 11.4. The second kappa shape index (κ2) is 4.32. The summed E-state index contributed by atoms with van der Waals surface area (Å²) in [4.78, 5) is 11.4. The van der Waals surface area contributed by atoms with E-state index in [1.807, 2.05) is 13.8 Å². The molecule has 2 amide bonds. The van der Waals surface area contributed by atoms with Crippen LogP contribution in [0.1, 0.15) is 39.5 Å². The molecule has 1 aliphatic carbocycles. The molecule has 0 spiro atoms. The zero-order chi connectivity index (χ0) is 10.6. The van der Waals surface area contributed by atoms with Crippen LogP contribution in [0.25, 0.3) is 0 Å². The molecule has 0 aromatic heterocycles. The first-order valence-electron chi connectivity index (χ1n) is 5.08. The lowest BCUT2D eigenvalue weighted by Gasteiger charge is -2.22. The SMILES string of the molecule is CC(C)NC(=O)NC1(C#N)CCCC1. The van der Waals surface area contributed by atoms with Crippen LogP contribution in [-0.2, 0) is 0 Å². The summed E-state index contributed by atoms with van der Waals surface area (Å²) in [6.45, 7) is 3.79. The van der Waals surface area contributed by atoms with Crippen molar-refractivity contribution in [1.82, 2.24) is 10.6 Å². The van der Waals surface area contributed by atoms with Crippen LogP contribution in [0.4, 0.5) is 4.79 Å². The van der Waals surface area contributed by atoms with E-state index >= 15 is 0 Å². The second-order valence-electron chi connectivity index (χ2n) is 4.15. The molecule has 1 saturated carbocycles. The van der Waals surface area contributed by atoms with Crippen LogP contribution >= 0.6 is 0 Å². The molecule has 1 fully saturated rings. The predicted molar refractivity (Wildman–Crippen MR) is 53.6 cm³/mol. The molecule has 2 N–H and O–H groups in total. The van der Waals surface area contributed by atoms with E-state index < -0.39 is 5.54 Å². The highest BCUT2D eigenvalue weighted by Gasteiger charge is 2.35. The summed E-state index contributed by atoms with van der Waals surface area (Å²) in [7, 11) is 0. The Labute approximate surface area is 84.7 Å². The summed E-state index contributed by atoms with van der Waals surface area (Å²) in [5.41, 5.74) is -0.612. The van der Waals surface area contributed by atoms with E-state index in [9.17, 15) is 4.79 Å². The summed E-state index contributed by atoms with van der Waals surface area (Å²) in [6.07, 6.45) is 3.59. The molecule has 0 aliphatic heterocycles. The van der Waals surface area contributed by atoms with Gasteiger partial charge in [-0.15, -0.1) is 0 Å². The monoisotopic (exact) mass is 195 g/mol. The summed E-state index contributed by atoms with van der Waals surface area (Å²) >= 11 is 0. The number of rotatable bonds is 2. The topological polar surface area (TPSA) is 64.9 Å². The van der Waals surface area contributed by atoms with Gasteiger partial charge in [-0.1, -0.05) is 0 Å². The van der Waals surface area contributed by atoms with Crippen molar-refractivity contribution in [1.29, 1.82) is 5.26 Å². The summed E-state index contributed by atoms with van der Waals surface area (Å²) in [5, 5.41) is 14.5. The smallest absolute Gasteiger partial charge is 0.316 e. The third-order valence-electron chi connectivity index (χ3n) is 2.44. The van der Waals surface area contributed by atoms with Crippen LogP contribution in [0.5, 0.6) is 0 Å². The van der Waals surface area contributed by atoms with Crippen molar-refractivity contribution in [3.8, 4) is 6.07 Å². The van der Waals surface area contributed by atoms with E-state index in [-0.39, 0.29) is 12.1 Å². The van der Waals surface area contributed by atoms with Gasteiger partial charge in [-0.25, -0.2) is 4.79 Å². The predicted octanol–water partition coefficient (Wildman–Crippen LogP) is 1.53. The Morgan fingerprint density at radius 3 is 2.43 bits per heavy atom. The first-order valence-corrected chi connectivity index (χ1v) is 5.08. The lowest BCUT2D eigenvalue weighted by Crippen LogP contribution is -2.51. The van der Waals surface area contributed by atoms with Crippen molar-refractivity contribution in [2.24, 2.45) is 0 Å².